The Morgan fingerprint density at radius 1 is 1.36 bits per heavy atom. The Morgan fingerprint density at radius 2 is 2.25 bits per heavy atom. The fourth-order valence-electron chi connectivity index (χ4n) is 3.80. The second-order valence-corrected chi connectivity index (χ2v) is 9.48. The molecule has 6 nitrogen and oxygen atoms in total. The van der Waals surface area contributed by atoms with Gasteiger partial charge in [0.25, 0.3) is 0 Å². The second kappa shape index (κ2) is 12.8. The van der Waals surface area contributed by atoms with E-state index in [1.807, 2.05) is 19.1 Å². The van der Waals surface area contributed by atoms with Gasteiger partial charge in [0.1, 0.15) is 5.76 Å². The van der Waals surface area contributed by atoms with Gasteiger partial charge < -0.3 is 19.8 Å². The van der Waals surface area contributed by atoms with Crippen molar-refractivity contribution in [3.63, 3.8) is 0 Å². The average Bonchev–Trinajstić information content (AvgIpc) is 3.39. The van der Waals surface area contributed by atoms with E-state index in [2.05, 4.69) is 10.6 Å². The molecule has 0 radical (unpaired) electrons. The van der Waals surface area contributed by atoms with Crippen LogP contribution in [0, 0.1) is 5.92 Å². The number of guanidine groups is 1. The molecule has 1 aliphatic carbocycles. The largest absolute Gasteiger partial charge is 0.469 e. The molecule has 3 rings (SSSR count). The maximum Gasteiger partial charge on any atom is 0.191 e. The van der Waals surface area contributed by atoms with Crippen LogP contribution in [0.2, 0.25) is 0 Å². The molecule has 4 unspecified atom stereocenters. The van der Waals surface area contributed by atoms with Crippen LogP contribution in [0.3, 0.4) is 0 Å². The molecule has 1 aliphatic heterocycles. The standard InChI is InChI=1S/C20H33N3O3S.HI/c1-2-27(24)19-7-3-5-17(13-19)23-20(22-14-16-9-12-25-15-16)21-10-8-18-6-4-11-26-18;/h4,6,11,16-17,19H,2-3,5,7-10,12-15H2,1H3,(H2,21,22,23);1H. The van der Waals surface area contributed by atoms with E-state index in [1.165, 1.54) is 0 Å². The predicted molar refractivity (Wildman–Crippen MR) is 125 cm³/mol. The first kappa shape index (κ1) is 23.7. The molecule has 2 fully saturated rings. The zero-order chi connectivity index (χ0) is 18.9. The van der Waals surface area contributed by atoms with Crippen LogP contribution in [-0.2, 0) is 22.0 Å². The molecule has 0 amide bonds. The third-order valence-corrected chi connectivity index (χ3v) is 7.14. The monoisotopic (exact) mass is 523 g/mol. The van der Waals surface area contributed by atoms with Gasteiger partial charge in [0.2, 0.25) is 0 Å². The first-order valence-electron chi connectivity index (χ1n) is 10.3. The highest BCUT2D eigenvalue weighted by Crippen LogP contribution is 2.23. The molecule has 8 heteroatoms. The lowest BCUT2D eigenvalue weighted by Crippen LogP contribution is -2.47. The minimum absolute atomic E-state index is 0. The van der Waals surface area contributed by atoms with Crippen LogP contribution >= 0.6 is 24.0 Å². The Morgan fingerprint density at radius 3 is 2.96 bits per heavy atom. The van der Waals surface area contributed by atoms with E-state index in [0.717, 1.165) is 82.3 Å². The van der Waals surface area contributed by atoms with Gasteiger partial charge in [-0.05, 0) is 37.8 Å². The smallest absolute Gasteiger partial charge is 0.191 e. The number of nitrogens with zero attached hydrogens (tertiary/aromatic N) is 1. The maximum absolute atomic E-state index is 12.2. The van der Waals surface area contributed by atoms with Gasteiger partial charge in [-0.3, -0.25) is 9.20 Å². The molecule has 1 saturated carbocycles. The highest BCUT2D eigenvalue weighted by molar-refractivity contribution is 14.0. The SMILES string of the molecule is CCS(=O)C1CCCC(NC(=NCC2CCOC2)NCCc2ccco2)C1.I. The Kier molecular flexibility index (Phi) is 10.9. The molecule has 160 valence electrons. The van der Waals surface area contributed by atoms with Crippen LogP contribution in [0.5, 0.6) is 0 Å². The van der Waals surface area contributed by atoms with Crippen molar-refractivity contribution in [2.24, 2.45) is 10.9 Å². The number of aliphatic imine (C=N–C) groups is 1. The Hall–Kier alpha value is -0.610. The molecule has 0 bridgehead atoms. The second-order valence-electron chi connectivity index (χ2n) is 7.47. The van der Waals surface area contributed by atoms with E-state index in [9.17, 15) is 4.21 Å². The topological polar surface area (TPSA) is 75.9 Å². The first-order chi connectivity index (χ1) is 13.2. The Balaban J connectivity index is 0.00000280. The van der Waals surface area contributed by atoms with Gasteiger partial charge in [-0.25, -0.2) is 0 Å². The van der Waals surface area contributed by atoms with Crippen LogP contribution < -0.4 is 10.6 Å². The Bertz CT molecular complexity index is 606. The molecule has 4 atom stereocenters. The fraction of sp³-hybridized carbons (Fsp3) is 0.750. The first-order valence-corrected chi connectivity index (χ1v) is 11.6. The molecule has 1 aromatic rings. The summed E-state index contributed by atoms with van der Waals surface area (Å²) < 4.78 is 23.1. The van der Waals surface area contributed by atoms with Crippen molar-refractivity contribution >= 4 is 40.7 Å². The van der Waals surface area contributed by atoms with Crippen molar-refractivity contribution in [3.05, 3.63) is 24.2 Å². The number of hydrogen-bond acceptors (Lipinski definition) is 4. The van der Waals surface area contributed by atoms with Gasteiger partial charge in [0.15, 0.2) is 5.96 Å². The van der Waals surface area contributed by atoms with Gasteiger partial charge in [0, 0.05) is 59.9 Å². The summed E-state index contributed by atoms with van der Waals surface area (Å²) in [5.41, 5.74) is 0. The van der Waals surface area contributed by atoms with Gasteiger partial charge in [0.05, 0.1) is 12.9 Å². The molecule has 2 N–H and O–H groups in total. The zero-order valence-electron chi connectivity index (χ0n) is 16.7. The zero-order valence-corrected chi connectivity index (χ0v) is 19.9. The van der Waals surface area contributed by atoms with Crippen molar-refractivity contribution < 1.29 is 13.4 Å². The van der Waals surface area contributed by atoms with E-state index < -0.39 is 10.8 Å². The van der Waals surface area contributed by atoms with Crippen LogP contribution in [0.4, 0.5) is 0 Å². The molecular weight excluding hydrogens is 489 g/mol. The lowest BCUT2D eigenvalue weighted by Gasteiger charge is -2.30. The highest BCUT2D eigenvalue weighted by Gasteiger charge is 2.26. The van der Waals surface area contributed by atoms with Crippen molar-refractivity contribution in [2.75, 3.05) is 32.1 Å². The molecule has 1 aromatic heterocycles. The lowest BCUT2D eigenvalue weighted by atomic mass is 9.95. The minimum atomic E-state index is -0.709. The summed E-state index contributed by atoms with van der Waals surface area (Å²) in [4.78, 5) is 4.82. The highest BCUT2D eigenvalue weighted by atomic mass is 127. The van der Waals surface area contributed by atoms with Gasteiger partial charge in [-0.15, -0.1) is 24.0 Å². The van der Waals surface area contributed by atoms with E-state index in [1.54, 1.807) is 6.26 Å². The number of halogens is 1. The van der Waals surface area contributed by atoms with Gasteiger partial charge in [-0.2, -0.15) is 0 Å². The average molecular weight is 523 g/mol. The van der Waals surface area contributed by atoms with E-state index >= 15 is 0 Å². The number of furan rings is 1. The van der Waals surface area contributed by atoms with Crippen LogP contribution in [0.25, 0.3) is 0 Å². The number of ether oxygens (including phenoxy) is 1. The lowest BCUT2D eigenvalue weighted by molar-refractivity contribution is 0.187. The van der Waals surface area contributed by atoms with E-state index in [-0.39, 0.29) is 24.0 Å². The maximum atomic E-state index is 12.2. The molecule has 0 aromatic carbocycles. The van der Waals surface area contributed by atoms with Gasteiger partial charge in [-0.1, -0.05) is 13.3 Å². The molecule has 2 aliphatic rings. The molecular formula is C20H34IN3O3S. The quantitative estimate of drug-likeness (QED) is 0.311. The summed E-state index contributed by atoms with van der Waals surface area (Å²) in [7, 11) is -0.709. The van der Waals surface area contributed by atoms with Crippen molar-refractivity contribution in [1.29, 1.82) is 0 Å². The third-order valence-electron chi connectivity index (χ3n) is 5.40. The summed E-state index contributed by atoms with van der Waals surface area (Å²) >= 11 is 0. The minimum Gasteiger partial charge on any atom is -0.469 e. The van der Waals surface area contributed by atoms with E-state index in [0.29, 0.717) is 17.2 Å². The van der Waals surface area contributed by atoms with E-state index in [4.69, 9.17) is 14.1 Å². The normalized spacial score (nSPS) is 26.5. The molecule has 2 heterocycles. The van der Waals surface area contributed by atoms with Crippen LogP contribution in [0.15, 0.2) is 27.8 Å². The van der Waals surface area contributed by atoms with Crippen LogP contribution in [-0.4, -0.2) is 53.5 Å². The third kappa shape index (κ3) is 7.67. The molecule has 0 spiro atoms. The summed E-state index contributed by atoms with van der Waals surface area (Å²) in [6.07, 6.45) is 7.91. The van der Waals surface area contributed by atoms with Crippen molar-refractivity contribution in [1.82, 2.24) is 10.6 Å². The predicted octanol–water partition coefficient (Wildman–Crippen LogP) is 3.09. The molecule has 1 saturated heterocycles. The summed E-state index contributed by atoms with van der Waals surface area (Å²) in [6.45, 7) is 5.23. The molecule has 28 heavy (non-hydrogen) atoms. The number of hydrogen-bond donors (Lipinski definition) is 2. The van der Waals surface area contributed by atoms with Crippen molar-refractivity contribution in [2.45, 2.75) is 56.7 Å². The Labute approximate surface area is 188 Å². The number of rotatable bonds is 8. The van der Waals surface area contributed by atoms with Crippen LogP contribution in [0.1, 0.15) is 44.8 Å². The summed E-state index contributed by atoms with van der Waals surface area (Å²) in [6, 6.07) is 4.25. The summed E-state index contributed by atoms with van der Waals surface area (Å²) in [5.74, 6) is 3.10. The van der Waals surface area contributed by atoms with Crippen molar-refractivity contribution in [3.8, 4) is 0 Å². The van der Waals surface area contributed by atoms with Gasteiger partial charge >= 0.3 is 0 Å². The fourth-order valence-corrected chi connectivity index (χ4v) is 5.15. The number of nitrogens with one attached hydrogen (secondary N) is 2. The summed E-state index contributed by atoms with van der Waals surface area (Å²) in [5, 5.41) is 7.37.